The van der Waals surface area contributed by atoms with Crippen LogP contribution in [0, 0.1) is 0 Å². The molecule has 0 spiro atoms. The summed E-state index contributed by atoms with van der Waals surface area (Å²) in [5, 5.41) is 3.33. The third kappa shape index (κ3) is 4.71. The number of hydrogen-bond donors (Lipinski definition) is 1. The summed E-state index contributed by atoms with van der Waals surface area (Å²) in [7, 11) is 1.59. The summed E-state index contributed by atoms with van der Waals surface area (Å²) in [6.45, 7) is 2.68. The van der Waals surface area contributed by atoms with Crippen LogP contribution >= 0.6 is 0 Å². The second kappa shape index (κ2) is 9.94. The molecule has 9 heteroatoms. The first-order valence-electron chi connectivity index (χ1n) is 11.3. The van der Waals surface area contributed by atoms with Crippen LogP contribution in [-0.2, 0) is 11.3 Å². The van der Waals surface area contributed by atoms with E-state index in [1.165, 1.54) is 0 Å². The Bertz CT molecular complexity index is 1410. The number of rotatable bonds is 6. The highest BCUT2D eigenvalue weighted by Crippen LogP contribution is 2.23. The van der Waals surface area contributed by atoms with Gasteiger partial charge in [0, 0.05) is 43.7 Å². The molecule has 0 atom stereocenters. The lowest BCUT2D eigenvalue weighted by molar-refractivity contribution is 0.0951. The minimum absolute atomic E-state index is 0.214. The van der Waals surface area contributed by atoms with Gasteiger partial charge in [0.2, 0.25) is 5.95 Å². The van der Waals surface area contributed by atoms with E-state index in [0.29, 0.717) is 66.7 Å². The van der Waals surface area contributed by atoms with Gasteiger partial charge in [-0.3, -0.25) is 14.6 Å². The average Bonchev–Trinajstić information content (AvgIpc) is 2.92. The van der Waals surface area contributed by atoms with Crippen LogP contribution in [-0.4, -0.2) is 53.9 Å². The van der Waals surface area contributed by atoms with Crippen molar-refractivity contribution in [2.24, 2.45) is 0 Å². The highest BCUT2D eigenvalue weighted by molar-refractivity contribution is 5.97. The average molecular weight is 472 g/mol. The summed E-state index contributed by atoms with van der Waals surface area (Å²) < 4.78 is 12.5. The first-order valence-corrected chi connectivity index (χ1v) is 11.3. The van der Waals surface area contributed by atoms with E-state index in [1.54, 1.807) is 48.3 Å². The van der Waals surface area contributed by atoms with E-state index in [0.717, 1.165) is 5.56 Å². The monoisotopic (exact) mass is 471 g/mol. The van der Waals surface area contributed by atoms with Gasteiger partial charge in [-0.2, -0.15) is 0 Å². The molecule has 9 nitrogen and oxygen atoms in total. The summed E-state index contributed by atoms with van der Waals surface area (Å²) in [6.07, 6.45) is 3.36. The first-order chi connectivity index (χ1) is 17.1. The molecule has 5 rings (SSSR count). The number of methoxy groups -OCH3 is 1. The smallest absolute Gasteiger partial charge is 0.267 e. The standard InChI is InChI=1S/C26H25N5O4/c1-34-21-4-2-3-20(16-21)31-25(33)22-6-5-19(24(32)28-17-18-7-9-27-10-8-18)15-23(22)29-26(31)30-11-13-35-14-12-30/h2-10,15-16H,11-14,17H2,1H3,(H,28,32). The maximum absolute atomic E-state index is 13.7. The van der Waals surface area contributed by atoms with Gasteiger partial charge in [0.25, 0.3) is 11.5 Å². The lowest BCUT2D eigenvalue weighted by Crippen LogP contribution is -2.40. The third-order valence-electron chi connectivity index (χ3n) is 5.92. The van der Waals surface area contributed by atoms with Crippen molar-refractivity contribution in [3.8, 4) is 11.4 Å². The van der Waals surface area contributed by atoms with Gasteiger partial charge < -0.3 is 19.7 Å². The van der Waals surface area contributed by atoms with Gasteiger partial charge in [0.15, 0.2) is 0 Å². The lowest BCUT2D eigenvalue weighted by atomic mass is 10.1. The zero-order valence-corrected chi connectivity index (χ0v) is 19.3. The number of anilines is 1. The second-order valence-corrected chi connectivity index (χ2v) is 8.12. The normalized spacial score (nSPS) is 13.6. The van der Waals surface area contributed by atoms with Crippen LogP contribution in [0.1, 0.15) is 15.9 Å². The highest BCUT2D eigenvalue weighted by atomic mass is 16.5. The van der Waals surface area contributed by atoms with E-state index in [4.69, 9.17) is 14.5 Å². The number of benzene rings is 2. The van der Waals surface area contributed by atoms with E-state index in [-0.39, 0.29) is 11.5 Å². The number of carbonyl (C=O) groups excluding carboxylic acids is 1. The van der Waals surface area contributed by atoms with Crippen LogP contribution in [0.15, 0.2) is 71.8 Å². The predicted octanol–water partition coefficient (Wildman–Crippen LogP) is 2.56. The summed E-state index contributed by atoms with van der Waals surface area (Å²) in [6, 6.07) is 16.0. The van der Waals surface area contributed by atoms with Crippen LogP contribution in [0.2, 0.25) is 0 Å². The van der Waals surface area contributed by atoms with E-state index in [1.807, 2.05) is 35.2 Å². The van der Waals surface area contributed by atoms with Crippen LogP contribution in [0.3, 0.4) is 0 Å². The molecule has 2 aromatic heterocycles. The van der Waals surface area contributed by atoms with Crippen molar-refractivity contribution in [3.63, 3.8) is 0 Å². The number of ether oxygens (including phenoxy) is 2. The number of fused-ring (bicyclic) bond motifs is 1. The van der Waals surface area contributed by atoms with Crippen molar-refractivity contribution in [2.45, 2.75) is 6.54 Å². The summed E-state index contributed by atoms with van der Waals surface area (Å²) in [5.41, 5.74) is 2.29. The van der Waals surface area contributed by atoms with Crippen LogP contribution in [0.5, 0.6) is 5.75 Å². The van der Waals surface area contributed by atoms with Crippen molar-refractivity contribution in [1.82, 2.24) is 19.9 Å². The molecule has 0 bridgehead atoms. The minimum atomic E-state index is -0.240. The van der Waals surface area contributed by atoms with Crippen LogP contribution < -0.4 is 20.5 Å². The zero-order valence-electron chi connectivity index (χ0n) is 19.3. The predicted molar refractivity (Wildman–Crippen MR) is 132 cm³/mol. The largest absolute Gasteiger partial charge is 0.497 e. The fraction of sp³-hybridized carbons (Fsp3) is 0.231. The molecule has 1 saturated heterocycles. The van der Waals surface area contributed by atoms with Crippen molar-refractivity contribution < 1.29 is 14.3 Å². The van der Waals surface area contributed by atoms with E-state index in [9.17, 15) is 9.59 Å². The van der Waals surface area contributed by atoms with E-state index >= 15 is 0 Å². The van der Waals surface area contributed by atoms with Crippen molar-refractivity contribution in [1.29, 1.82) is 0 Å². The molecule has 1 fully saturated rings. The molecule has 0 unspecified atom stereocenters. The second-order valence-electron chi connectivity index (χ2n) is 8.12. The number of nitrogens with one attached hydrogen (secondary N) is 1. The molecule has 1 aliphatic heterocycles. The summed E-state index contributed by atoms with van der Waals surface area (Å²) in [4.78, 5) is 37.4. The summed E-state index contributed by atoms with van der Waals surface area (Å²) >= 11 is 0. The van der Waals surface area contributed by atoms with Crippen molar-refractivity contribution in [2.75, 3.05) is 38.3 Å². The van der Waals surface area contributed by atoms with Gasteiger partial charge >= 0.3 is 0 Å². The Kier molecular flexibility index (Phi) is 6.40. The summed E-state index contributed by atoms with van der Waals surface area (Å²) in [5.74, 6) is 0.910. The molecule has 1 N–H and O–H groups in total. The van der Waals surface area contributed by atoms with Crippen LogP contribution in [0.25, 0.3) is 16.6 Å². The molecule has 35 heavy (non-hydrogen) atoms. The lowest BCUT2D eigenvalue weighted by Gasteiger charge is -2.30. The fourth-order valence-electron chi connectivity index (χ4n) is 4.06. The SMILES string of the molecule is COc1cccc(-n2c(N3CCOCC3)nc3cc(C(=O)NCc4ccncc4)ccc3c2=O)c1. The Balaban J connectivity index is 1.56. The van der Waals surface area contributed by atoms with Gasteiger partial charge in [-0.25, -0.2) is 9.55 Å². The molecule has 2 aromatic carbocycles. The molecule has 0 aliphatic carbocycles. The molecule has 1 aliphatic rings. The Morgan fingerprint density at radius 2 is 1.89 bits per heavy atom. The van der Waals surface area contributed by atoms with Gasteiger partial charge in [-0.05, 0) is 48.0 Å². The minimum Gasteiger partial charge on any atom is -0.497 e. The first kappa shape index (κ1) is 22.5. The third-order valence-corrected chi connectivity index (χ3v) is 5.92. The zero-order chi connectivity index (χ0) is 24.2. The van der Waals surface area contributed by atoms with E-state index < -0.39 is 0 Å². The number of carbonyl (C=O) groups is 1. The van der Waals surface area contributed by atoms with Crippen molar-refractivity contribution in [3.05, 3.63) is 88.5 Å². The molecule has 3 heterocycles. The number of amides is 1. The number of nitrogens with zero attached hydrogens (tertiary/aromatic N) is 4. The van der Waals surface area contributed by atoms with Gasteiger partial charge in [0.1, 0.15) is 5.75 Å². The maximum Gasteiger partial charge on any atom is 0.267 e. The quantitative estimate of drug-likeness (QED) is 0.461. The van der Waals surface area contributed by atoms with Gasteiger partial charge in [-0.15, -0.1) is 0 Å². The number of morpholine rings is 1. The Morgan fingerprint density at radius 3 is 2.66 bits per heavy atom. The molecule has 0 radical (unpaired) electrons. The number of aromatic nitrogens is 3. The highest BCUT2D eigenvalue weighted by Gasteiger charge is 2.21. The molecular weight excluding hydrogens is 446 g/mol. The Morgan fingerprint density at radius 1 is 1.09 bits per heavy atom. The van der Waals surface area contributed by atoms with Gasteiger partial charge in [0.05, 0.1) is 36.9 Å². The molecule has 4 aromatic rings. The maximum atomic E-state index is 13.7. The number of pyridine rings is 1. The molecular formula is C26H25N5O4. The number of hydrogen-bond acceptors (Lipinski definition) is 7. The molecule has 1 amide bonds. The van der Waals surface area contributed by atoms with Crippen LogP contribution in [0.4, 0.5) is 5.95 Å². The molecule has 0 saturated carbocycles. The van der Waals surface area contributed by atoms with E-state index in [2.05, 4.69) is 10.3 Å². The van der Waals surface area contributed by atoms with Gasteiger partial charge in [-0.1, -0.05) is 6.07 Å². The fourth-order valence-corrected chi connectivity index (χ4v) is 4.06. The topological polar surface area (TPSA) is 98.6 Å². The Hall–Kier alpha value is -4.24. The molecule has 178 valence electrons. The van der Waals surface area contributed by atoms with Crippen molar-refractivity contribution >= 4 is 22.8 Å². The Labute approximate surface area is 202 Å².